The van der Waals surface area contributed by atoms with E-state index in [-0.39, 0.29) is 10.9 Å². The van der Waals surface area contributed by atoms with Crippen molar-refractivity contribution < 1.29 is 8.42 Å². The smallest absolute Gasteiger partial charge is 0.260 e. The summed E-state index contributed by atoms with van der Waals surface area (Å²) in [5.74, 6) is 0.152. The molecule has 0 aromatic carbocycles. The molecule has 0 saturated carbocycles. The lowest BCUT2D eigenvalue weighted by Crippen LogP contribution is -2.36. The molecule has 0 atom stereocenters. The lowest BCUT2D eigenvalue weighted by atomic mass is 10.2. The van der Waals surface area contributed by atoms with Crippen LogP contribution >= 0.6 is 11.6 Å². The zero-order chi connectivity index (χ0) is 11.6. The summed E-state index contributed by atoms with van der Waals surface area (Å²) in [5.41, 5.74) is 0.534. The van der Waals surface area contributed by atoms with E-state index in [1.807, 2.05) is 0 Å². The third kappa shape index (κ3) is 2.09. The number of hydrogen-bond acceptors (Lipinski definition) is 3. The zero-order valence-corrected chi connectivity index (χ0v) is 10.4. The number of piperidine rings is 1. The zero-order valence-electron chi connectivity index (χ0n) is 8.82. The van der Waals surface area contributed by atoms with Crippen LogP contribution in [0.1, 0.15) is 24.8 Å². The second-order valence-corrected chi connectivity index (χ2v) is 5.96. The van der Waals surface area contributed by atoms with Gasteiger partial charge in [0.15, 0.2) is 5.03 Å². The third-order valence-electron chi connectivity index (χ3n) is 2.74. The van der Waals surface area contributed by atoms with Crippen molar-refractivity contribution in [1.29, 1.82) is 0 Å². The summed E-state index contributed by atoms with van der Waals surface area (Å²) in [6, 6.07) is 0. The van der Waals surface area contributed by atoms with Crippen molar-refractivity contribution in [2.24, 2.45) is 0 Å². The quantitative estimate of drug-likeness (QED) is 0.837. The Morgan fingerprint density at radius 1 is 1.38 bits per heavy atom. The van der Waals surface area contributed by atoms with E-state index in [0.717, 1.165) is 19.3 Å². The topological polar surface area (TPSA) is 66.1 Å². The molecule has 1 aliphatic rings. The van der Waals surface area contributed by atoms with Crippen LogP contribution in [-0.4, -0.2) is 36.0 Å². The summed E-state index contributed by atoms with van der Waals surface area (Å²) in [4.78, 5) is 0. The first-order chi connectivity index (χ1) is 7.66. The van der Waals surface area contributed by atoms with Crippen molar-refractivity contribution in [2.45, 2.75) is 30.2 Å². The van der Waals surface area contributed by atoms with Gasteiger partial charge in [0.2, 0.25) is 0 Å². The molecule has 0 spiro atoms. The number of aromatic nitrogens is 2. The second kappa shape index (κ2) is 4.73. The Kier molecular flexibility index (Phi) is 3.51. The highest BCUT2D eigenvalue weighted by Crippen LogP contribution is 2.22. The van der Waals surface area contributed by atoms with Crippen LogP contribution in [0.5, 0.6) is 0 Å². The van der Waals surface area contributed by atoms with Gasteiger partial charge in [0, 0.05) is 18.7 Å². The first kappa shape index (κ1) is 11.9. The van der Waals surface area contributed by atoms with E-state index < -0.39 is 10.0 Å². The molecule has 2 heterocycles. The summed E-state index contributed by atoms with van der Waals surface area (Å²) < 4.78 is 25.9. The van der Waals surface area contributed by atoms with E-state index in [4.69, 9.17) is 11.6 Å². The van der Waals surface area contributed by atoms with E-state index in [9.17, 15) is 8.42 Å². The van der Waals surface area contributed by atoms with E-state index in [0.29, 0.717) is 18.7 Å². The summed E-state index contributed by atoms with van der Waals surface area (Å²) >= 11 is 5.68. The number of nitrogens with zero attached hydrogens (tertiary/aromatic N) is 2. The summed E-state index contributed by atoms with van der Waals surface area (Å²) in [5, 5.41) is 6.41. The van der Waals surface area contributed by atoms with Gasteiger partial charge in [-0.15, -0.1) is 11.6 Å². The van der Waals surface area contributed by atoms with Gasteiger partial charge in [-0.2, -0.15) is 9.40 Å². The number of H-pyrrole nitrogens is 1. The minimum absolute atomic E-state index is 0.143. The van der Waals surface area contributed by atoms with Gasteiger partial charge in [-0.05, 0) is 12.8 Å². The van der Waals surface area contributed by atoms with Crippen molar-refractivity contribution in [3.05, 3.63) is 11.8 Å². The molecule has 5 nitrogen and oxygen atoms in total. The van der Waals surface area contributed by atoms with Gasteiger partial charge in [-0.25, -0.2) is 8.42 Å². The molecule has 0 unspecified atom stereocenters. The fourth-order valence-electron chi connectivity index (χ4n) is 1.85. The van der Waals surface area contributed by atoms with Gasteiger partial charge in [0.25, 0.3) is 10.0 Å². The van der Waals surface area contributed by atoms with Gasteiger partial charge >= 0.3 is 0 Å². The van der Waals surface area contributed by atoms with Gasteiger partial charge in [-0.1, -0.05) is 6.42 Å². The summed E-state index contributed by atoms with van der Waals surface area (Å²) in [7, 11) is -3.43. The van der Waals surface area contributed by atoms with E-state index in [1.54, 1.807) is 0 Å². The van der Waals surface area contributed by atoms with Crippen LogP contribution in [0, 0.1) is 0 Å². The standard InChI is InChI=1S/C9H14ClN3O2S/c10-6-8-7-11-12-9(8)16(14,15)13-4-2-1-3-5-13/h7H,1-6H2,(H,11,12). The Hall–Kier alpha value is -0.590. The van der Waals surface area contributed by atoms with E-state index in [2.05, 4.69) is 10.2 Å². The van der Waals surface area contributed by atoms with Crippen LogP contribution in [0.25, 0.3) is 0 Å². The van der Waals surface area contributed by atoms with Crippen molar-refractivity contribution in [2.75, 3.05) is 13.1 Å². The third-order valence-corrected chi connectivity index (χ3v) is 4.94. The van der Waals surface area contributed by atoms with Gasteiger partial charge < -0.3 is 0 Å². The van der Waals surface area contributed by atoms with Crippen LogP contribution < -0.4 is 0 Å². The average molecular weight is 264 g/mol. The van der Waals surface area contributed by atoms with Crippen LogP contribution in [-0.2, 0) is 15.9 Å². The lowest BCUT2D eigenvalue weighted by molar-refractivity contribution is 0.345. The van der Waals surface area contributed by atoms with Crippen molar-refractivity contribution >= 4 is 21.6 Å². The normalized spacial score (nSPS) is 18.8. The van der Waals surface area contributed by atoms with Crippen molar-refractivity contribution in [3.63, 3.8) is 0 Å². The Bertz CT molecular complexity index is 451. The predicted molar refractivity (Wildman–Crippen MR) is 60.8 cm³/mol. The van der Waals surface area contributed by atoms with Gasteiger partial charge in [0.05, 0.1) is 12.1 Å². The van der Waals surface area contributed by atoms with Crippen LogP contribution in [0.3, 0.4) is 0 Å². The fourth-order valence-corrected chi connectivity index (χ4v) is 3.76. The number of nitrogens with one attached hydrogen (secondary N) is 1. The maximum Gasteiger partial charge on any atom is 0.260 e. The first-order valence-electron chi connectivity index (χ1n) is 5.24. The molecule has 1 N–H and O–H groups in total. The molecule has 1 aliphatic heterocycles. The van der Waals surface area contributed by atoms with Crippen LogP contribution in [0.4, 0.5) is 0 Å². The maximum atomic E-state index is 12.2. The number of hydrogen-bond donors (Lipinski definition) is 1. The highest BCUT2D eigenvalue weighted by Gasteiger charge is 2.29. The van der Waals surface area contributed by atoms with Crippen LogP contribution in [0.2, 0.25) is 0 Å². The Morgan fingerprint density at radius 2 is 2.06 bits per heavy atom. The second-order valence-electron chi connectivity index (χ2n) is 3.82. The monoisotopic (exact) mass is 263 g/mol. The number of rotatable bonds is 3. The lowest BCUT2D eigenvalue weighted by Gasteiger charge is -2.25. The molecule has 1 aromatic rings. The number of alkyl halides is 1. The maximum absolute atomic E-state index is 12.2. The van der Waals surface area contributed by atoms with Crippen molar-refractivity contribution in [3.8, 4) is 0 Å². The van der Waals surface area contributed by atoms with Crippen molar-refractivity contribution in [1.82, 2.24) is 14.5 Å². The Balaban J connectivity index is 2.30. The van der Waals surface area contributed by atoms with Crippen LogP contribution in [0.15, 0.2) is 11.2 Å². The summed E-state index contributed by atoms with van der Waals surface area (Å²) in [6.45, 7) is 1.17. The molecular formula is C9H14ClN3O2S. The number of sulfonamides is 1. The highest BCUT2D eigenvalue weighted by atomic mass is 35.5. The average Bonchev–Trinajstić information content (AvgIpc) is 2.79. The SMILES string of the molecule is O=S(=O)(c1[nH]ncc1CCl)N1CCCCC1. The largest absolute Gasteiger partial charge is 0.266 e. The molecule has 90 valence electrons. The molecule has 16 heavy (non-hydrogen) atoms. The molecule has 1 fully saturated rings. The van der Waals surface area contributed by atoms with Gasteiger partial charge in [-0.3, -0.25) is 5.10 Å². The first-order valence-corrected chi connectivity index (χ1v) is 7.22. The molecule has 2 rings (SSSR count). The minimum Gasteiger partial charge on any atom is -0.266 e. The number of aromatic amines is 1. The Morgan fingerprint density at radius 3 is 2.69 bits per heavy atom. The van der Waals surface area contributed by atoms with E-state index in [1.165, 1.54) is 10.5 Å². The van der Waals surface area contributed by atoms with Gasteiger partial charge in [0.1, 0.15) is 0 Å². The molecular weight excluding hydrogens is 250 g/mol. The molecule has 7 heteroatoms. The molecule has 0 radical (unpaired) electrons. The summed E-state index contributed by atoms with van der Waals surface area (Å²) in [6.07, 6.45) is 4.40. The molecule has 0 aliphatic carbocycles. The fraction of sp³-hybridized carbons (Fsp3) is 0.667. The number of halogens is 1. The predicted octanol–water partition coefficient (Wildman–Crippen LogP) is 1.32. The van der Waals surface area contributed by atoms with E-state index >= 15 is 0 Å². The molecule has 0 amide bonds. The molecule has 0 bridgehead atoms. The highest BCUT2D eigenvalue weighted by molar-refractivity contribution is 7.89. The Labute approximate surface area is 99.8 Å². The molecule has 1 aromatic heterocycles. The molecule has 1 saturated heterocycles. The minimum atomic E-state index is -3.43.